The predicted molar refractivity (Wildman–Crippen MR) is 89.8 cm³/mol. The molecule has 3 heterocycles. The van der Waals surface area contributed by atoms with Crippen molar-refractivity contribution >= 4 is 5.91 Å². The van der Waals surface area contributed by atoms with Crippen LogP contribution in [0.5, 0.6) is 0 Å². The molecule has 0 radical (unpaired) electrons. The zero-order chi connectivity index (χ0) is 17.2. The van der Waals surface area contributed by atoms with Gasteiger partial charge < -0.3 is 9.42 Å². The monoisotopic (exact) mass is 337 g/mol. The molecular formula is C18H19N5O2. The second-order valence-electron chi connectivity index (χ2n) is 6.31. The SMILES string of the molecule is Cc1noc([C@@H]2CN(C(=O)Cn3cccn3)C[C@H]2c2ccccc2)n1. The molecule has 128 valence electrons. The minimum Gasteiger partial charge on any atom is -0.340 e. The van der Waals surface area contributed by atoms with Crippen LogP contribution in [0.3, 0.4) is 0 Å². The first kappa shape index (κ1) is 15.6. The summed E-state index contributed by atoms with van der Waals surface area (Å²) in [7, 11) is 0. The van der Waals surface area contributed by atoms with Crippen molar-refractivity contribution < 1.29 is 9.32 Å². The van der Waals surface area contributed by atoms with Crippen molar-refractivity contribution in [1.29, 1.82) is 0 Å². The number of likely N-dealkylation sites (tertiary alicyclic amines) is 1. The number of hydrogen-bond acceptors (Lipinski definition) is 5. The molecule has 0 unspecified atom stereocenters. The van der Waals surface area contributed by atoms with Crippen LogP contribution >= 0.6 is 0 Å². The summed E-state index contributed by atoms with van der Waals surface area (Å²) < 4.78 is 7.06. The summed E-state index contributed by atoms with van der Waals surface area (Å²) in [6.45, 7) is 3.25. The molecule has 7 nitrogen and oxygen atoms in total. The Morgan fingerprint density at radius 2 is 2.00 bits per heavy atom. The third-order valence-corrected chi connectivity index (χ3v) is 4.62. The van der Waals surface area contributed by atoms with Crippen molar-refractivity contribution in [3.63, 3.8) is 0 Å². The van der Waals surface area contributed by atoms with Gasteiger partial charge in [0.2, 0.25) is 11.8 Å². The van der Waals surface area contributed by atoms with E-state index in [1.54, 1.807) is 24.0 Å². The van der Waals surface area contributed by atoms with Crippen LogP contribution in [-0.4, -0.2) is 43.8 Å². The fourth-order valence-corrected chi connectivity index (χ4v) is 3.39. The maximum Gasteiger partial charge on any atom is 0.244 e. The summed E-state index contributed by atoms with van der Waals surface area (Å²) in [4.78, 5) is 18.9. The zero-order valence-corrected chi connectivity index (χ0v) is 13.9. The van der Waals surface area contributed by atoms with Crippen molar-refractivity contribution in [2.75, 3.05) is 13.1 Å². The predicted octanol–water partition coefficient (Wildman–Crippen LogP) is 1.98. The van der Waals surface area contributed by atoms with E-state index in [4.69, 9.17) is 4.52 Å². The Hall–Kier alpha value is -2.96. The minimum absolute atomic E-state index is 0.00479. The number of nitrogens with zero attached hydrogens (tertiary/aromatic N) is 5. The van der Waals surface area contributed by atoms with Crippen LogP contribution in [0.1, 0.15) is 29.1 Å². The van der Waals surface area contributed by atoms with Gasteiger partial charge in [0.05, 0.1) is 5.92 Å². The second kappa shape index (κ2) is 6.51. The maximum absolute atomic E-state index is 12.7. The molecule has 0 spiro atoms. The van der Waals surface area contributed by atoms with E-state index in [9.17, 15) is 4.79 Å². The second-order valence-corrected chi connectivity index (χ2v) is 6.31. The van der Waals surface area contributed by atoms with Gasteiger partial charge in [-0.3, -0.25) is 9.48 Å². The Morgan fingerprint density at radius 3 is 2.68 bits per heavy atom. The van der Waals surface area contributed by atoms with Gasteiger partial charge in [0.25, 0.3) is 0 Å². The Bertz CT molecular complexity index is 844. The quantitative estimate of drug-likeness (QED) is 0.727. The molecule has 4 rings (SSSR count). The Morgan fingerprint density at radius 1 is 1.20 bits per heavy atom. The van der Waals surface area contributed by atoms with Crippen LogP contribution in [0.15, 0.2) is 53.3 Å². The number of carbonyl (C=O) groups is 1. The standard InChI is InChI=1S/C18H19N5O2/c1-13-20-18(25-21-13)16-11-22(17(24)12-23-9-5-8-19-23)10-15(16)14-6-3-2-4-7-14/h2-9,15-16H,10-12H2,1H3/t15-,16+/m0/s1. The highest BCUT2D eigenvalue weighted by molar-refractivity contribution is 5.76. The molecule has 1 aliphatic rings. The number of hydrogen-bond donors (Lipinski definition) is 0. The van der Waals surface area contributed by atoms with Crippen LogP contribution in [0.2, 0.25) is 0 Å². The van der Waals surface area contributed by atoms with Crippen molar-refractivity contribution in [2.45, 2.75) is 25.3 Å². The van der Waals surface area contributed by atoms with Crippen LogP contribution in [0.25, 0.3) is 0 Å². The lowest BCUT2D eigenvalue weighted by molar-refractivity contribution is -0.131. The average Bonchev–Trinajstić information content (AvgIpc) is 3.35. The van der Waals surface area contributed by atoms with E-state index in [0.29, 0.717) is 24.8 Å². The molecule has 25 heavy (non-hydrogen) atoms. The van der Waals surface area contributed by atoms with Gasteiger partial charge in [0, 0.05) is 31.4 Å². The molecule has 0 saturated carbocycles. The fourth-order valence-electron chi connectivity index (χ4n) is 3.39. The molecule has 2 atom stereocenters. The highest BCUT2D eigenvalue weighted by Crippen LogP contribution is 2.39. The molecule has 0 aliphatic carbocycles. The highest BCUT2D eigenvalue weighted by Gasteiger charge is 2.40. The van der Waals surface area contributed by atoms with Gasteiger partial charge in [-0.2, -0.15) is 10.1 Å². The minimum atomic E-state index is 0.00479. The van der Waals surface area contributed by atoms with Gasteiger partial charge in [-0.25, -0.2) is 0 Å². The van der Waals surface area contributed by atoms with Gasteiger partial charge in [0.15, 0.2) is 5.82 Å². The average molecular weight is 337 g/mol. The van der Waals surface area contributed by atoms with E-state index < -0.39 is 0 Å². The summed E-state index contributed by atoms with van der Waals surface area (Å²) >= 11 is 0. The number of aromatic nitrogens is 4. The van der Waals surface area contributed by atoms with Gasteiger partial charge >= 0.3 is 0 Å². The molecule has 7 heteroatoms. The molecule has 2 aromatic heterocycles. The lowest BCUT2D eigenvalue weighted by Gasteiger charge is -2.16. The van der Waals surface area contributed by atoms with E-state index in [1.807, 2.05) is 29.2 Å². The van der Waals surface area contributed by atoms with Crippen molar-refractivity contribution in [1.82, 2.24) is 24.8 Å². The smallest absolute Gasteiger partial charge is 0.244 e. The molecule has 0 bridgehead atoms. The molecule has 1 aliphatic heterocycles. The van der Waals surface area contributed by atoms with Crippen LogP contribution in [0.4, 0.5) is 0 Å². The molecule has 0 N–H and O–H groups in total. The third-order valence-electron chi connectivity index (χ3n) is 4.62. The van der Waals surface area contributed by atoms with Gasteiger partial charge in [-0.15, -0.1) is 0 Å². The van der Waals surface area contributed by atoms with Gasteiger partial charge in [-0.05, 0) is 18.6 Å². The third kappa shape index (κ3) is 3.17. The first-order chi connectivity index (χ1) is 12.2. The first-order valence-electron chi connectivity index (χ1n) is 8.31. The van der Waals surface area contributed by atoms with Crippen molar-refractivity contribution in [2.24, 2.45) is 0 Å². The van der Waals surface area contributed by atoms with Crippen LogP contribution in [-0.2, 0) is 11.3 Å². The number of carbonyl (C=O) groups excluding carboxylic acids is 1. The number of benzene rings is 1. The Balaban J connectivity index is 1.59. The Kier molecular flexibility index (Phi) is 4.05. The largest absolute Gasteiger partial charge is 0.340 e. The molecule has 1 amide bonds. The van der Waals surface area contributed by atoms with E-state index in [-0.39, 0.29) is 24.3 Å². The summed E-state index contributed by atoms with van der Waals surface area (Å²) in [5, 5.41) is 8.03. The van der Waals surface area contributed by atoms with Crippen molar-refractivity contribution in [3.8, 4) is 0 Å². The normalized spacial score (nSPS) is 20.1. The van der Waals surface area contributed by atoms with Gasteiger partial charge in [-0.1, -0.05) is 35.5 Å². The summed E-state index contributed by atoms with van der Waals surface area (Å²) in [5.74, 6) is 1.40. The maximum atomic E-state index is 12.7. The summed E-state index contributed by atoms with van der Waals surface area (Å²) in [6, 6.07) is 12.0. The molecular weight excluding hydrogens is 318 g/mol. The molecule has 1 aromatic carbocycles. The Labute approximate surface area is 145 Å². The fraction of sp³-hybridized carbons (Fsp3) is 0.333. The highest BCUT2D eigenvalue weighted by atomic mass is 16.5. The van der Waals surface area contributed by atoms with Crippen LogP contribution < -0.4 is 0 Å². The molecule has 1 saturated heterocycles. The molecule has 3 aromatic rings. The first-order valence-corrected chi connectivity index (χ1v) is 8.31. The van der Waals surface area contributed by atoms with Gasteiger partial charge in [0.1, 0.15) is 6.54 Å². The van der Waals surface area contributed by atoms with Crippen molar-refractivity contribution in [3.05, 3.63) is 66.1 Å². The lowest BCUT2D eigenvalue weighted by Crippen LogP contribution is -2.32. The van der Waals surface area contributed by atoms with E-state index >= 15 is 0 Å². The topological polar surface area (TPSA) is 77.0 Å². The number of rotatable bonds is 4. The molecule has 1 fully saturated rings. The zero-order valence-electron chi connectivity index (χ0n) is 13.9. The van der Waals surface area contributed by atoms with E-state index in [1.165, 1.54) is 5.56 Å². The summed E-state index contributed by atoms with van der Waals surface area (Å²) in [6.07, 6.45) is 3.47. The lowest BCUT2D eigenvalue weighted by atomic mass is 9.89. The summed E-state index contributed by atoms with van der Waals surface area (Å²) in [5.41, 5.74) is 1.18. The van der Waals surface area contributed by atoms with E-state index in [0.717, 1.165) is 0 Å². The van der Waals surface area contributed by atoms with Crippen LogP contribution in [0, 0.1) is 6.92 Å². The number of aryl methyl sites for hydroxylation is 1. The number of amides is 1. The van der Waals surface area contributed by atoms with E-state index in [2.05, 4.69) is 27.4 Å².